The minimum absolute atomic E-state index is 0.223. The summed E-state index contributed by atoms with van der Waals surface area (Å²) in [5.41, 5.74) is 2.52. The molecule has 90 valence electrons. The van der Waals surface area contributed by atoms with Gasteiger partial charge < -0.3 is 5.32 Å². The van der Waals surface area contributed by atoms with Gasteiger partial charge in [0.25, 0.3) is 0 Å². The maximum absolute atomic E-state index is 10.9. The van der Waals surface area contributed by atoms with Crippen LogP contribution in [0.25, 0.3) is 0 Å². The lowest BCUT2D eigenvalue weighted by Crippen LogP contribution is -2.45. The van der Waals surface area contributed by atoms with Crippen molar-refractivity contribution in [2.24, 2.45) is 10.8 Å². The third-order valence-electron chi connectivity index (χ3n) is 1.85. The van der Waals surface area contributed by atoms with E-state index in [1.165, 1.54) is 0 Å². The predicted molar refractivity (Wildman–Crippen MR) is 66.1 cm³/mol. The van der Waals surface area contributed by atoms with Crippen molar-refractivity contribution in [3.05, 3.63) is 0 Å². The van der Waals surface area contributed by atoms with E-state index in [1.54, 1.807) is 6.26 Å². The molecule has 0 aliphatic heterocycles. The van der Waals surface area contributed by atoms with Crippen molar-refractivity contribution in [2.75, 3.05) is 18.6 Å². The van der Waals surface area contributed by atoms with Crippen molar-refractivity contribution >= 4 is 16.8 Å². The molecule has 0 rings (SSSR count). The van der Waals surface area contributed by atoms with Crippen LogP contribution in [-0.4, -0.2) is 34.8 Å². The van der Waals surface area contributed by atoms with Crippen LogP contribution in [0.4, 0.5) is 0 Å². The van der Waals surface area contributed by atoms with E-state index in [0.717, 1.165) is 19.4 Å². The summed E-state index contributed by atoms with van der Waals surface area (Å²) in [5, 5.41) is 3.14. The Kier molecular flexibility index (Phi) is 8.31. The van der Waals surface area contributed by atoms with Crippen LogP contribution in [0.1, 0.15) is 26.7 Å². The molecule has 0 aliphatic rings. The summed E-state index contributed by atoms with van der Waals surface area (Å²) in [4.78, 5) is 4.22. The molecule has 0 aromatic rings. The van der Waals surface area contributed by atoms with E-state index in [-0.39, 0.29) is 6.04 Å². The van der Waals surface area contributed by atoms with Crippen LogP contribution in [-0.2, 0) is 10.8 Å². The number of nitrogens with two attached hydrogens (primary N) is 1. The second kappa shape index (κ2) is 8.67. The molecule has 0 bridgehead atoms. The van der Waals surface area contributed by atoms with Gasteiger partial charge in [-0.1, -0.05) is 6.92 Å². The number of nitrogens with zero attached hydrogens (tertiary/aromatic N) is 1. The van der Waals surface area contributed by atoms with Crippen LogP contribution in [0.2, 0.25) is 0 Å². The predicted octanol–water partition coefficient (Wildman–Crippen LogP) is -0.0376. The summed E-state index contributed by atoms with van der Waals surface area (Å²) < 4.78 is 10.9. The lowest BCUT2D eigenvalue weighted by Gasteiger charge is -2.15. The van der Waals surface area contributed by atoms with Gasteiger partial charge in [0.15, 0.2) is 0 Å². The van der Waals surface area contributed by atoms with Crippen molar-refractivity contribution in [2.45, 2.75) is 32.7 Å². The molecular formula is C9H22N4OS. The van der Waals surface area contributed by atoms with Crippen LogP contribution >= 0.6 is 0 Å². The molecule has 0 heterocycles. The van der Waals surface area contributed by atoms with E-state index in [9.17, 15) is 4.21 Å². The normalized spacial score (nSPS) is 15.9. The molecule has 2 unspecified atom stereocenters. The van der Waals surface area contributed by atoms with Crippen LogP contribution < -0.4 is 16.6 Å². The molecule has 15 heavy (non-hydrogen) atoms. The molecule has 0 saturated carbocycles. The average molecular weight is 234 g/mol. The van der Waals surface area contributed by atoms with E-state index < -0.39 is 10.8 Å². The second-order valence-electron chi connectivity index (χ2n) is 3.49. The number of hydrogen-bond acceptors (Lipinski definition) is 3. The zero-order valence-corrected chi connectivity index (χ0v) is 10.6. The van der Waals surface area contributed by atoms with Crippen LogP contribution in [0.15, 0.2) is 4.99 Å². The molecule has 0 fully saturated rings. The highest BCUT2D eigenvalue weighted by Crippen LogP contribution is 1.92. The Hall–Kier alpha value is -0.620. The smallest absolute Gasteiger partial charge is 0.205 e. The number of aliphatic imine (C=N–C) groups is 1. The first-order valence-electron chi connectivity index (χ1n) is 5.17. The molecule has 5 nitrogen and oxygen atoms in total. The lowest BCUT2D eigenvalue weighted by molar-refractivity contribution is 0.620. The number of hydrazine groups is 1. The fourth-order valence-electron chi connectivity index (χ4n) is 1.00. The first-order valence-corrected chi connectivity index (χ1v) is 6.90. The zero-order chi connectivity index (χ0) is 11.7. The van der Waals surface area contributed by atoms with E-state index in [2.05, 4.69) is 22.7 Å². The highest BCUT2D eigenvalue weighted by Gasteiger charge is 2.04. The van der Waals surface area contributed by atoms with Gasteiger partial charge in [-0.15, -0.1) is 0 Å². The van der Waals surface area contributed by atoms with Crippen molar-refractivity contribution in [1.29, 1.82) is 0 Å². The van der Waals surface area contributed by atoms with Gasteiger partial charge in [-0.3, -0.25) is 14.6 Å². The molecule has 2 atom stereocenters. The lowest BCUT2D eigenvalue weighted by atomic mass is 10.3. The van der Waals surface area contributed by atoms with Crippen molar-refractivity contribution < 1.29 is 4.21 Å². The van der Waals surface area contributed by atoms with Crippen LogP contribution in [0, 0.1) is 0 Å². The van der Waals surface area contributed by atoms with Gasteiger partial charge in [-0.25, -0.2) is 5.84 Å². The Bertz CT molecular complexity index is 220. The van der Waals surface area contributed by atoms with Crippen molar-refractivity contribution in [3.63, 3.8) is 0 Å². The van der Waals surface area contributed by atoms with Gasteiger partial charge in [0, 0.05) is 35.4 Å². The highest BCUT2D eigenvalue weighted by molar-refractivity contribution is 7.84. The zero-order valence-electron chi connectivity index (χ0n) is 9.75. The summed E-state index contributed by atoms with van der Waals surface area (Å²) >= 11 is 0. The Morgan fingerprint density at radius 2 is 2.27 bits per heavy atom. The topological polar surface area (TPSA) is 79.5 Å². The fraction of sp³-hybridized carbons (Fsp3) is 0.889. The van der Waals surface area contributed by atoms with Crippen LogP contribution in [0.5, 0.6) is 0 Å². The van der Waals surface area contributed by atoms with Gasteiger partial charge >= 0.3 is 0 Å². The molecule has 0 spiro atoms. The molecule has 0 aromatic carbocycles. The molecule has 0 aromatic heterocycles. The van der Waals surface area contributed by atoms with E-state index in [4.69, 9.17) is 5.84 Å². The number of rotatable bonds is 6. The summed E-state index contributed by atoms with van der Waals surface area (Å²) in [5.74, 6) is 6.61. The third kappa shape index (κ3) is 8.38. The molecule has 0 aliphatic carbocycles. The molecule has 0 amide bonds. The molecular weight excluding hydrogens is 212 g/mol. The molecule has 6 heteroatoms. The van der Waals surface area contributed by atoms with E-state index in [1.807, 2.05) is 6.92 Å². The SMILES string of the molecule is CCCN=C(NN)NC(C)CCS(C)=O. The minimum atomic E-state index is -0.740. The Morgan fingerprint density at radius 1 is 1.60 bits per heavy atom. The van der Waals surface area contributed by atoms with Gasteiger partial charge in [0.1, 0.15) is 0 Å². The standard InChI is InChI=1S/C9H22N4OS/c1-4-6-11-9(13-10)12-8(2)5-7-15(3)14/h8H,4-7,10H2,1-3H3,(H2,11,12,13). The second-order valence-corrected chi connectivity index (χ2v) is 5.04. The fourth-order valence-corrected chi connectivity index (χ4v) is 1.69. The summed E-state index contributed by atoms with van der Waals surface area (Å²) in [6, 6.07) is 0.223. The maximum atomic E-state index is 10.9. The number of nitrogens with one attached hydrogen (secondary N) is 2. The number of hydrogen-bond donors (Lipinski definition) is 3. The highest BCUT2D eigenvalue weighted by atomic mass is 32.2. The Morgan fingerprint density at radius 3 is 2.73 bits per heavy atom. The van der Waals surface area contributed by atoms with E-state index in [0.29, 0.717) is 11.7 Å². The van der Waals surface area contributed by atoms with Crippen molar-refractivity contribution in [1.82, 2.24) is 10.7 Å². The summed E-state index contributed by atoms with van der Waals surface area (Å²) in [6.07, 6.45) is 3.54. The van der Waals surface area contributed by atoms with Gasteiger partial charge in [0.2, 0.25) is 5.96 Å². The minimum Gasteiger partial charge on any atom is -0.353 e. The molecule has 0 radical (unpaired) electrons. The molecule has 0 saturated heterocycles. The van der Waals surface area contributed by atoms with E-state index >= 15 is 0 Å². The average Bonchev–Trinajstić information content (AvgIpc) is 2.21. The van der Waals surface area contributed by atoms with Crippen molar-refractivity contribution in [3.8, 4) is 0 Å². The first kappa shape index (κ1) is 14.4. The first-order chi connectivity index (χ1) is 7.10. The molecule has 4 N–H and O–H groups in total. The largest absolute Gasteiger partial charge is 0.353 e. The Balaban J connectivity index is 3.89. The maximum Gasteiger partial charge on any atom is 0.205 e. The summed E-state index contributed by atoms with van der Waals surface area (Å²) in [7, 11) is -0.740. The van der Waals surface area contributed by atoms with Crippen LogP contribution in [0.3, 0.4) is 0 Å². The Labute approximate surface area is 94.3 Å². The van der Waals surface area contributed by atoms with Gasteiger partial charge in [-0.05, 0) is 19.8 Å². The third-order valence-corrected chi connectivity index (χ3v) is 2.66. The van der Waals surface area contributed by atoms with Gasteiger partial charge in [0.05, 0.1) is 0 Å². The monoisotopic (exact) mass is 234 g/mol. The number of guanidine groups is 1. The summed E-state index contributed by atoms with van der Waals surface area (Å²) in [6.45, 7) is 4.83. The van der Waals surface area contributed by atoms with Gasteiger partial charge in [-0.2, -0.15) is 0 Å². The quantitative estimate of drug-likeness (QED) is 0.261.